The van der Waals surface area contributed by atoms with Crippen molar-refractivity contribution in [3.05, 3.63) is 64.7 Å². The maximum Gasteiger partial charge on any atom is 0.251 e. The number of amides is 1. The van der Waals surface area contributed by atoms with Gasteiger partial charge in [-0.15, -0.1) is 11.3 Å². The quantitative estimate of drug-likeness (QED) is 0.693. The molecule has 0 unspecified atom stereocenters. The molecule has 0 bridgehead atoms. The Morgan fingerprint density at radius 1 is 1.21 bits per heavy atom. The summed E-state index contributed by atoms with van der Waals surface area (Å²) in [5, 5.41) is 5.58. The smallest absolute Gasteiger partial charge is 0.251 e. The van der Waals surface area contributed by atoms with E-state index < -0.39 is 10.0 Å². The van der Waals surface area contributed by atoms with Crippen LogP contribution in [0, 0.1) is 0 Å². The van der Waals surface area contributed by atoms with E-state index in [4.69, 9.17) is 0 Å². The first-order valence-electron chi connectivity index (χ1n) is 8.76. The summed E-state index contributed by atoms with van der Waals surface area (Å²) in [6.07, 6.45) is 4.02. The third kappa shape index (κ3) is 3.90. The van der Waals surface area contributed by atoms with Crippen molar-refractivity contribution in [2.45, 2.75) is 13.0 Å². The molecule has 0 atom stereocenters. The van der Waals surface area contributed by atoms with Gasteiger partial charge in [0.1, 0.15) is 5.01 Å². The molecule has 28 heavy (non-hydrogen) atoms. The van der Waals surface area contributed by atoms with Crippen molar-refractivity contribution in [1.82, 2.24) is 15.3 Å². The molecule has 1 aliphatic heterocycles. The second-order valence-electron chi connectivity index (χ2n) is 6.34. The number of pyridine rings is 1. The number of nitrogens with one attached hydrogen (secondary N) is 1. The molecule has 2 aromatic heterocycles. The van der Waals surface area contributed by atoms with Crippen LogP contribution < -0.4 is 9.62 Å². The lowest BCUT2D eigenvalue weighted by Crippen LogP contribution is -2.26. The van der Waals surface area contributed by atoms with Gasteiger partial charge in [0, 0.05) is 35.4 Å². The van der Waals surface area contributed by atoms with Crippen LogP contribution in [-0.4, -0.2) is 36.6 Å². The van der Waals surface area contributed by atoms with Crippen molar-refractivity contribution in [3.63, 3.8) is 0 Å². The highest BCUT2D eigenvalue weighted by Crippen LogP contribution is 2.25. The number of anilines is 1. The van der Waals surface area contributed by atoms with E-state index in [1.807, 2.05) is 17.5 Å². The summed E-state index contributed by atoms with van der Waals surface area (Å²) in [4.78, 5) is 21.0. The van der Waals surface area contributed by atoms with Crippen molar-refractivity contribution < 1.29 is 13.2 Å². The molecule has 1 amide bonds. The number of thiazole rings is 1. The van der Waals surface area contributed by atoms with Gasteiger partial charge in [-0.3, -0.25) is 14.1 Å². The molecule has 144 valence electrons. The Morgan fingerprint density at radius 3 is 2.79 bits per heavy atom. The van der Waals surface area contributed by atoms with Crippen LogP contribution in [0.5, 0.6) is 0 Å². The number of rotatable bonds is 5. The lowest BCUT2D eigenvalue weighted by Gasteiger charge is -2.17. The van der Waals surface area contributed by atoms with E-state index >= 15 is 0 Å². The van der Waals surface area contributed by atoms with Crippen molar-refractivity contribution in [2.75, 3.05) is 16.6 Å². The Labute approximate surface area is 167 Å². The minimum atomic E-state index is -3.27. The second-order valence-corrected chi connectivity index (χ2v) is 9.29. The molecule has 0 saturated carbocycles. The van der Waals surface area contributed by atoms with Crippen LogP contribution in [0.2, 0.25) is 0 Å². The Morgan fingerprint density at radius 2 is 2.04 bits per heavy atom. The second kappa shape index (κ2) is 7.69. The fourth-order valence-corrected chi connectivity index (χ4v) is 5.34. The molecule has 1 fully saturated rings. The van der Waals surface area contributed by atoms with E-state index in [0.29, 0.717) is 30.8 Å². The summed E-state index contributed by atoms with van der Waals surface area (Å²) >= 11 is 1.47. The lowest BCUT2D eigenvalue weighted by molar-refractivity contribution is 0.0951. The highest BCUT2D eigenvalue weighted by molar-refractivity contribution is 7.93. The van der Waals surface area contributed by atoms with Gasteiger partial charge < -0.3 is 5.32 Å². The molecule has 1 aliphatic rings. The lowest BCUT2D eigenvalue weighted by atomic mass is 10.2. The van der Waals surface area contributed by atoms with Crippen molar-refractivity contribution in [1.29, 1.82) is 0 Å². The van der Waals surface area contributed by atoms with Crippen molar-refractivity contribution in [2.24, 2.45) is 0 Å². The SMILES string of the molecule is O=C(NCc1nc(-c2ccncc2)cs1)c1cccc(N2CCCS2(=O)=O)c1. The van der Waals surface area contributed by atoms with Crippen LogP contribution in [0.3, 0.4) is 0 Å². The van der Waals surface area contributed by atoms with Gasteiger partial charge in [-0.1, -0.05) is 6.07 Å². The zero-order valence-corrected chi connectivity index (χ0v) is 16.5. The van der Waals surface area contributed by atoms with Gasteiger partial charge in [0.2, 0.25) is 10.0 Å². The summed E-state index contributed by atoms with van der Waals surface area (Å²) in [5.74, 6) is -0.119. The molecule has 9 heteroatoms. The van der Waals surface area contributed by atoms with E-state index in [1.54, 1.807) is 36.7 Å². The summed E-state index contributed by atoms with van der Waals surface area (Å²) in [6, 6.07) is 10.5. The topological polar surface area (TPSA) is 92.3 Å². The molecule has 4 rings (SSSR count). The predicted molar refractivity (Wildman–Crippen MR) is 109 cm³/mol. The first-order valence-corrected chi connectivity index (χ1v) is 11.3. The third-order valence-corrected chi connectivity index (χ3v) is 7.14. The molecule has 1 aromatic carbocycles. The number of carbonyl (C=O) groups is 1. The van der Waals surface area contributed by atoms with E-state index in [1.165, 1.54) is 15.6 Å². The van der Waals surface area contributed by atoms with Crippen LogP contribution in [0.4, 0.5) is 5.69 Å². The molecule has 1 saturated heterocycles. The average molecular weight is 415 g/mol. The highest BCUT2D eigenvalue weighted by atomic mass is 32.2. The number of nitrogens with zero attached hydrogens (tertiary/aromatic N) is 3. The van der Waals surface area contributed by atoms with Crippen LogP contribution in [-0.2, 0) is 16.6 Å². The van der Waals surface area contributed by atoms with Crippen LogP contribution in [0.15, 0.2) is 54.2 Å². The fraction of sp³-hybridized carbons (Fsp3) is 0.211. The van der Waals surface area contributed by atoms with E-state index in [9.17, 15) is 13.2 Å². The number of carbonyl (C=O) groups excluding carboxylic acids is 1. The molecule has 3 heterocycles. The normalized spacial score (nSPS) is 15.5. The minimum Gasteiger partial charge on any atom is -0.346 e. The molecule has 0 radical (unpaired) electrons. The summed E-state index contributed by atoms with van der Waals surface area (Å²) in [7, 11) is -3.27. The number of aromatic nitrogens is 2. The number of hydrogen-bond donors (Lipinski definition) is 1. The Kier molecular flexibility index (Phi) is 5.10. The van der Waals surface area contributed by atoms with Crippen molar-refractivity contribution >= 4 is 33.0 Å². The first-order chi connectivity index (χ1) is 13.5. The summed E-state index contributed by atoms with van der Waals surface area (Å²) in [6.45, 7) is 0.755. The minimum absolute atomic E-state index is 0.146. The number of sulfonamides is 1. The maximum absolute atomic E-state index is 12.5. The summed E-state index contributed by atoms with van der Waals surface area (Å²) < 4.78 is 25.5. The standard InChI is InChI=1S/C19H18N4O3S2/c24-19(15-3-1-4-16(11-15)23-9-2-10-28(23,25)26)21-12-18-22-17(13-27-18)14-5-7-20-8-6-14/h1,3-8,11,13H,2,9-10,12H2,(H,21,24). The highest BCUT2D eigenvalue weighted by Gasteiger charge is 2.28. The molecule has 3 aromatic rings. The molecular formula is C19H18N4O3S2. The van der Waals surface area contributed by atoms with E-state index in [-0.39, 0.29) is 11.7 Å². The number of hydrogen-bond acceptors (Lipinski definition) is 6. The van der Waals surface area contributed by atoms with E-state index in [2.05, 4.69) is 15.3 Å². The Hall–Kier alpha value is -2.78. The zero-order valence-electron chi connectivity index (χ0n) is 14.9. The Bertz CT molecular complexity index is 1100. The van der Waals surface area contributed by atoms with Gasteiger partial charge in [0.05, 0.1) is 23.7 Å². The fourth-order valence-electron chi connectivity index (χ4n) is 3.04. The zero-order chi connectivity index (χ0) is 19.6. The largest absolute Gasteiger partial charge is 0.346 e. The third-order valence-electron chi connectivity index (χ3n) is 4.42. The van der Waals surface area contributed by atoms with Gasteiger partial charge in [-0.25, -0.2) is 13.4 Å². The van der Waals surface area contributed by atoms with Crippen LogP contribution >= 0.6 is 11.3 Å². The molecule has 0 aliphatic carbocycles. The van der Waals surface area contributed by atoms with Gasteiger partial charge in [0.25, 0.3) is 5.91 Å². The van der Waals surface area contributed by atoms with Gasteiger partial charge in [-0.05, 0) is 36.8 Å². The van der Waals surface area contributed by atoms with Crippen LogP contribution in [0.1, 0.15) is 21.8 Å². The predicted octanol–water partition coefficient (Wildman–Crippen LogP) is 2.68. The van der Waals surface area contributed by atoms with Gasteiger partial charge in [0.15, 0.2) is 0 Å². The average Bonchev–Trinajstić information content (AvgIpc) is 3.33. The molecule has 1 N–H and O–H groups in total. The maximum atomic E-state index is 12.5. The Balaban J connectivity index is 1.43. The number of benzene rings is 1. The van der Waals surface area contributed by atoms with Gasteiger partial charge >= 0.3 is 0 Å². The van der Waals surface area contributed by atoms with Crippen molar-refractivity contribution in [3.8, 4) is 11.3 Å². The summed E-state index contributed by atoms with van der Waals surface area (Å²) in [5.41, 5.74) is 2.77. The monoisotopic (exact) mass is 414 g/mol. The van der Waals surface area contributed by atoms with Crippen LogP contribution in [0.25, 0.3) is 11.3 Å². The molecule has 7 nitrogen and oxygen atoms in total. The first kappa shape index (κ1) is 18.6. The molecule has 0 spiro atoms. The van der Waals surface area contributed by atoms with Gasteiger partial charge in [-0.2, -0.15) is 0 Å². The van der Waals surface area contributed by atoms with E-state index in [0.717, 1.165) is 16.3 Å². The molecular weight excluding hydrogens is 396 g/mol.